The summed E-state index contributed by atoms with van der Waals surface area (Å²) in [6.45, 7) is 16.7. The van der Waals surface area contributed by atoms with Crippen LogP contribution in [0.4, 0.5) is 0 Å². The Balaban J connectivity index is 2.20. The van der Waals surface area contributed by atoms with E-state index < -0.39 is 27.1 Å². The van der Waals surface area contributed by atoms with Crippen molar-refractivity contribution in [1.82, 2.24) is 0 Å². The fraction of sp³-hybridized carbons (Fsp3) is 0.455. The lowest BCUT2D eigenvalue weighted by atomic mass is 10.3. The summed E-state index contributed by atoms with van der Waals surface area (Å²) in [6.07, 6.45) is 0. The SMILES string of the molecule is CC(C)(O[Si](C)(C)C(C)(C)Oc1cccc(O)c1)[Si](C)(C)Oc1cccc(O)c1. The average Bonchev–Trinajstić information content (AvgIpc) is 2.52. The molecule has 0 amide bonds. The van der Waals surface area contributed by atoms with Gasteiger partial charge in [-0.3, -0.25) is 0 Å². The van der Waals surface area contributed by atoms with Crippen LogP contribution in [-0.2, 0) is 4.43 Å². The van der Waals surface area contributed by atoms with Crippen molar-refractivity contribution in [3.05, 3.63) is 48.5 Å². The molecule has 0 unspecified atom stereocenters. The first kappa shape index (κ1) is 23.3. The second kappa shape index (κ2) is 8.04. The highest BCUT2D eigenvalue weighted by molar-refractivity contribution is 6.78. The normalized spacial score (nSPS) is 13.2. The van der Waals surface area contributed by atoms with Gasteiger partial charge in [-0.05, 0) is 78.1 Å². The van der Waals surface area contributed by atoms with Gasteiger partial charge >= 0.3 is 0 Å². The maximum Gasteiger partial charge on any atom is 0.274 e. The molecule has 0 atom stereocenters. The predicted molar refractivity (Wildman–Crippen MR) is 122 cm³/mol. The lowest BCUT2D eigenvalue weighted by molar-refractivity contribution is 0.0970. The Bertz CT molecular complexity index is 777. The van der Waals surface area contributed by atoms with E-state index in [9.17, 15) is 10.2 Å². The molecule has 2 aromatic rings. The number of rotatable bonds is 8. The van der Waals surface area contributed by atoms with Crippen molar-refractivity contribution in [1.29, 1.82) is 0 Å². The van der Waals surface area contributed by atoms with E-state index >= 15 is 0 Å². The molecule has 0 aromatic heterocycles. The third kappa shape index (κ3) is 5.55. The number of hydrogen-bond acceptors (Lipinski definition) is 5. The number of ether oxygens (including phenoxy) is 1. The second-order valence-corrected chi connectivity index (χ2v) is 18.2. The van der Waals surface area contributed by atoms with Gasteiger partial charge in [-0.2, -0.15) is 0 Å². The molecule has 2 N–H and O–H groups in total. The van der Waals surface area contributed by atoms with Crippen LogP contribution in [-0.4, -0.2) is 37.3 Å². The minimum absolute atomic E-state index is 0.173. The van der Waals surface area contributed by atoms with Crippen molar-refractivity contribution in [2.24, 2.45) is 0 Å². The van der Waals surface area contributed by atoms with Crippen LogP contribution >= 0.6 is 0 Å². The third-order valence-corrected chi connectivity index (χ3v) is 13.8. The first-order valence-corrected chi connectivity index (χ1v) is 15.6. The highest BCUT2D eigenvalue weighted by Crippen LogP contribution is 2.36. The van der Waals surface area contributed by atoms with Gasteiger partial charge in [0, 0.05) is 12.1 Å². The van der Waals surface area contributed by atoms with Crippen molar-refractivity contribution in [2.75, 3.05) is 0 Å². The minimum atomic E-state index is -2.40. The summed E-state index contributed by atoms with van der Waals surface area (Å²) in [5, 5.41) is 18.4. The van der Waals surface area contributed by atoms with Gasteiger partial charge in [0.25, 0.3) is 8.32 Å². The molecule has 7 heteroatoms. The molecule has 0 fully saturated rings. The summed E-state index contributed by atoms with van der Waals surface area (Å²) in [5.41, 5.74) is 0. The van der Waals surface area contributed by atoms with Crippen LogP contribution < -0.4 is 9.16 Å². The summed E-state index contributed by atoms with van der Waals surface area (Å²) >= 11 is 0. The highest BCUT2D eigenvalue weighted by Gasteiger charge is 2.53. The Labute approximate surface area is 176 Å². The lowest BCUT2D eigenvalue weighted by Crippen LogP contribution is -2.66. The number of hydrogen-bond donors (Lipinski definition) is 2. The van der Waals surface area contributed by atoms with Gasteiger partial charge in [0.15, 0.2) is 0 Å². The molecule has 2 aromatic carbocycles. The Hall–Kier alpha value is -1.97. The first-order chi connectivity index (χ1) is 13.2. The number of phenols is 2. The van der Waals surface area contributed by atoms with Crippen molar-refractivity contribution >= 4 is 16.6 Å². The summed E-state index contributed by atoms with van der Waals surface area (Å²) in [6, 6.07) is 13.7. The molecule has 0 aliphatic rings. The van der Waals surface area contributed by atoms with Crippen molar-refractivity contribution < 1.29 is 23.8 Å². The van der Waals surface area contributed by atoms with Gasteiger partial charge < -0.3 is 23.8 Å². The summed E-state index contributed by atoms with van der Waals surface area (Å²) in [5.74, 6) is 1.62. The molecule has 0 bridgehead atoms. The monoisotopic (exact) mass is 434 g/mol. The molecule has 0 saturated heterocycles. The minimum Gasteiger partial charge on any atom is -0.541 e. The number of benzene rings is 2. The standard InChI is InChI=1S/C22H34O5Si2/c1-21(2,25-19-13-9-11-17(23)15-19)29(7,8)27-22(3,4)28(5,6)26-20-14-10-12-18(24)16-20/h9-16,23-24H,1-8H3. The lowest BCUT2D eigenvalue weighted by Gasteiger charge is -2.48. The van der Waals surface area contributed by atoms with Gasteiger partial charge in [0.2, 0.25) is 8.32 Å². The van der Waals surface area contributed by atoms with E-state index in [4.69, 9.17) is 13.6 Å². The molecule has 5 nitrogen and oxygen atoms in total. The van der Waals surface area contributed by atoms with Crippen LogP contribution in [0.5, 0.6) is 23.0 Å². The molecule has 29 heavy (non-hydrogen) atoms. The molecular formula is C22H34O5Si2. The fourth-order valence-electron chi connectivity index (χ4n) is 2.81. The van der Waals surface area contributed by atoms with E-state index in [0.717, 1.165) is 0 Å². The van der Waals surface area contributed by atoms with E-state index in [1.165, 1.54) is 0 Å². The Morgan fingerprint density at radius 2 is 1.17 bits per heavy atom. The zero-order chi connectivity index (χ0) is 22.1. The molecule has 0 aliphatic heterocycles. The maximum atomic E-state index is 9.74. The molecular weight excluding hydrogens is 400 g/mol. The molecule has 0 spiro atoms. The average molecular weight is 435 g/mol. The van der Waals surface area contributed by atoms with Crippen molar-refractivity contribution in [2.45, 2.75) is 64.3 Å². The highest BCUT2D eigenvalue weighted by atomic mass is 28.4. The smallest absolute Gasteiger partial charge is 0.274 e. The molecule has 0 aliphatic carbocycles. The van der Waals surface area contributed by atoms with E-state index in [-0.39, 0.29) is 11.5 Å². The van der Waals surface area contributed by atoms with E-state index in [1.54, 1.807) is 36.4 Å². The van der Waals surface area contributed by atoms with Crippen LogP contribution in [0.25, 0.3) is 0 Å². The number of phenolic OH excluding ortho intramolecular Hbond substituents is 2. The third-order valence-electron chi connectivity index (χ3n) is 5.79. The van der Waals surface area contributed by atoms with Crippen molar-refractivity contribution in [3.63, 3.8) is 0 Å². The second-order valence-electron chi connectivity index (χ2n) is 9.34. The summed E-state index contributed by atoms with van der Waals surface area (Å²) < 4.78 is 19.4. The number of aromatic hydroxyl groups is 2. The zero-order valence-electron chi connectivity index (χ0n) is 18.7. The Morgan fingerprint density at radius 1 is 0.690 bits per heavy atom. The quantitative estimate of drug-likeness (QED) is 0.528. The van der Waals surface area contributed by atoms with Gasteiger partial charge in [0.05, 0.1) is 5.22 Å². The van der Waals surface area contributed by atoms with Gasteiger partial charge in [-0.25, -0.2) is 0 Å². The van der Waals surface area contributed by atoms with E-state index in [1.807, 2.05) is 26.0 Å². The summed E-state index contributed by atoms with van der Waals surface area (Å²) in [4.78, 5) is 0. The first-order valence-electron chi connectivity index (χ1n) is 9.81. The topological polar surface area (TPSA) is 68.2 Å². The van der Waals surface area contributed by atoms with Crippen LogP contribution in [0, 0.1) is 0 Å². The van der Waals surface area contributed by atoms with E-state index in [2.05, 4.69) is 40.0 Å². The van der Waals surface area contributed by atoms with Gasteiger partial charge in [-0.1, -0.05) is 12.1 Å². The zero-order valence-corrected chi connectivity index (χ0v) is 20.7. The Morgan fingerprint density at radius 3 is 1.69 bits per heavy atom. The van der Waals surface area contributed by atoms with Crippen LogP contribution in [0.3, 0.4) is 0 Å². The maximum absolute atomic E-state index is 9.74. The van der Waals surface area contributed by atoms with Crippen LogP contribution in [0.15, 0.2) is 48.5 Å². The van der Waals surface area contributed by atoms with Crippen molar-refractivity contribution in [3.8, 4) is 23.0 Å². The molecule has 2 rings (SSSR count). The van der Waals surface area contributed by atoms with E-state index in [0.29, 0.717) is 11.5 Å². The van der Waals surface area contributed by atoms with Crippen LogP contribution in [0.2, 0.25) is 26.2 Å². The molecule has 0 saturated carbocycles. The molecule has 0 heterocycles. The summed E-state index contributed by atoms with van der Waals surface area (Å²) in [7, 11) is -4.78. The van der Waals surface area contributed by atoms with Gasteiger partial charge in [0.1, 0.15) is 28.2 Å². The van der Waals surface area contributed by atoms with Gasteiger partial charge in [-0.15, -0.1) is 0 Å². The Kier molecular flexibility index (Phi) is 6.47. The largest absolute Gasteiger partial charge is 0.541 e. The fourth-order valence-corrected chi connectivity index (χ4v) is 7.41. The molecule has 0 radical (unpaired) electrons. The molecule has 160 valence electrons. The predicted octanol–water partition coefficient (Wildman–Crippen LogP) is 5.62. The van der Waals surface area contributed by atoms with Crippen LogP contribution in [0.1, 0.15) is 27.7 Å².